The van der Waals surface area contributed by atoms with Gasteiger partial charge in [-0.05, 0) is 26.2 Å². The molecule has 2 aliphatic heterocycles. The summed E-state index contributed by atoms with van der Waals surface area (Å²) in [6, 6.07) is 0.0656. The van der Waals surface area contributed by atoms with E-state index >= 15 is 0 Å². The Balaban J connectivity index is 1.92. The molecule has 6 heteroatoms. The molecule has 2 aliphatic rings. The van der Waals surface area contributed by atoms with Gasteiger partial charge in [0, 0.05) is 45.7 Å². The summed E-state index contributed by atoms with van der Waals surface area (Å²) in [5.74, 6) is 1.89. The normalized spacial score (nSPS) is 18.1. The molecule has 120 valence electrons. The predicted octanol–water partition coefficient (Wildman–Crippen LogP) is 1.82. The van der Waals surface area contributed by atoms with Crippen LogP contribution >= 0.6 is 0 Å². The van der Waals surface area contributed by atoms with E-state index < -0.39 is 0 Å². The zero-order valence-electron chi connectivity index (χ0n) is 13.8. The van der Waals surface area contributed by atoms with Crippen LogP contribution in [0, 0.1) is 6.92 Å². The fraction of sp³-hybridized carbons (Fsp3) is 0.688. The second-order valence-electron chi connectivity index (χ2n) is 6.42. The van der Waals surface area contributed by atoms with Gasteiger partial charge in [0.15, 0.2) is 0 Å². The summed E-state index contributed by atoms with van der Waals surface area (Å²) >= 11 is 0. The first-order valence-electron chi connectivity index (χ1n) is 8.14. The molecular formula is C16H25N5O. The fourth-order valence-corrected chi connectivity index (χ4v) is 3.33. The molecule has 0 bridgehead atoms. The highest BCUT2D eigenvalue weighted by molar-refractivity contribution is 5.74. The van der Waals surface area contributed by atoms with Crippen LogP contribution in [0.2, 0.25) is 0 Å². The van der Waals surface area contributed by atoms with Crippen molar-refractivity contribution in [3.63, 3.8) is 0 Å². The molecule has 2 amide bonds. The van der Waals surface area contributed by atoms with Gasteiger partial charge in [0.25, 0.3) is 0 Å². The lowest BCUT2D eigenvalue weighted by atomic mass is 10.0. The molecule has 1 fully saturated rings. The van der Waals surface area contributed by atoms with Crippen LogP contribution in [0.4, 0.5) is 10.6 Å². The maximum Gasteiger partial charge on any atom is 0.319 e. The lowest BCUT2D eigenvalue weighted by Crippen LogP contribution is -2.43. The zero-order chi connectivity index (χ0) is 15.7. The third-order valence-corrected chi connectivity index (χ3v) is 4.46. The Labute approximate surface area is 132 Å². The van der Waals surface area contributed by atoms with Crippen molar-refractivity contribution < 1.29 is 4.79 Å². The van der Waals surface area contributed by atoms with Crippen LogP contribution in [0.1, 0.15) is 36.3 Å². The zero-order valence-corrected chi connectivity index (χ0v) is 13.8. The summed E-state index contributed by atoms with van der Waals surface area (Å²) in [5, 5.41) is 0. The Morgan fingerprint density at radius 3 is 2.50 bits per heavy atom. The molecule has 0 unspecified atom stereocenters. The van der Waals surface area contributed by atoms with E-state index in [9.17, 15) is 4.79 Å². The van der Waals surface area contributed by atoms with Crippen LogP contribution in [-0.4, -0.2) is 59.5 Å². The molecule has 1 aromatic rings. The minimum atomic E-state index is 0.0656. The van der Waals surface area contributed by atoms with E-state index in [1.807, 2.05) is 11.8 Å². The number of amides is 2. The summed E-state index contributed by atoms with van der Waals surface area (Å²) in [6.07, 6.45) is 4.56. The van der Waals surface area contributed by atoms with E-state index in [1.54, 1.807) is 19.0 Å². The lowest BCUT2D eigenvalue weighted by molar-refractivity contribution is 0.165. The molecule has 22 heavy (non-hydrogen) atoms. The number of aromatic nitrogens is 2. The van der Waals surface area contributed by atoms with Crippen molar-refractivity contribution in [1.82, 2.24) is 19.8 Å². The van der Waals surface area contributed by atoms with Crippen molar-refractivity contribution in [1.29, 1.82) is 0 Å². The molecule has 3 heterocycles. The Morgan fingerprint density at radius 1 is 1.09 bits per heavy atom. The Bertz CT molecular complexity index is 566. The maximum atomic E-state index is 12.3. The highest BCUT2D eigenvalue weighted by Crippen LogP contribution is 2.28. The van der Waals surface area contributed by atoms with E-state index in [0.717, 1.165) is 49.0 Å². The smallest absolute Gasteiger partial charge is 0.319 e. The fourth-order valence-electron chi connectivity index (χ4n) is 3.33. The number of hydrogen-bond acceptors (Lipinski definition) is 4. The van der Waals surface area contributed by atoms with Crippen molar-refractivity contribution in [2.75, 3.05) is 38.6 Å². The molecule has 3 rings (SSSR count). The summed E-state index contributed by atoms with van der Waals surface area (Å²) in [7, 11) is 3.60. The number of aryl methyl sites for hydroxylation is 1. The first-order valence-corrected chi connectivity index (χ1v) is 8.14. The third-order valence-electron chi connectivity index (χ3n) is 4.46. The number of carbonyl (C=O) groups excluding carboxylic acids is 1. The molecule has 0 aromatic carbocycles. The second-order valence-corrected chi connectivity index (χ2v) is 6.42. The molecule has 0 spiro atoms. The van der Waals surface area contributed by atoms with Gasteiger partial charge in [-0.3, -0.25) is 0 Å². The van der Waals surface area contributed by atoms with E-state index in [4.69, 9.17) is 4.98 Å². The first-order chi connectivity index (χ1) is 10.6. The van der Waals surface area contributed by atoms with Gasteiger partial charge in [0.05, 0.1) is 12.2 Å². The van der Waals surface area contributed by atoms with Crippen molar-refractivity contribution in [3.05, 3.63) is 17.1 Å². The Morgan fingerprint density at radius 2 is 1.82 bits per heavy atom. The number of nitrogens with zero attached hydrogens (tertiary/aromatic N) is 5. The van der Waals surface area contributed by atoms with Crippen LogP contribution in [0.3, 0.4) is 0 Å². The molecule has 0 N–H and O–H groups in total. The number of rotatable bonds is 1. The van der Waals surface area contributed by atoms with Gasteiger partial charge in [-0.1, -0.05) is 0 Å². The number of anilines is 1. The number of urea groups is 1. The number of carbonyl (C=O) groups is 1. The van der Waals surface area contributed by atoms with Gasteiger partial charge >= 0.3 is 6.03 Å². The van der Waals surface area contributed by atoms with Crippen molar-refractivity contribution in [2.24, 2.45) is 0 Å². The molecule has 0 saturated carbocycles. The first kappa shape index (κ1) is 15.1. The third kappa shape index (κ3) is 2.87. The van der Waals surface area contributed by atoms with Crippen LogP contribution in [-0.2, 0) is 13.0 Å². The highest BCUT2D eigenvalue weighted by Gasteiger charge is 2.28. The van der Waals surface area contributed by atoms with E-state index in [0.29, 0.717) is 6.54 Å². The molecule has 6 nitrogen and oxygen atoms in total. The van der Waals surface area contributed by atoms with Crippen molar-refractivity contribution >= 4 is 11.8 Å². The average Bonchev–Trinajstić information content (AvgIpc) is 2.53. The number of piperidine rings is 1. The molecule has 0 atom stereocenters. The van der Waals surface area contributed by atoms with Crippen LogP contribution in [0.5, 0.6) is 0 Å². The molecule has 0 aliphatic carbocycles. The Kier molecular flexibility index (Phi) is 4.18. The minimum absolute atomic E-state index is 0.0656. The topological polar surface area (TPSA) is 52.6 Å². The Hall–Kier alpha value is -1.85. The van der Waals surface area contributed by atoms with Gasteiger partial charge in [-0.25, -0.2) is 14.8 Å². The summed E-state index contributed by atoms with van der Waals surface area (Å²) < 4.78 is 0. The molecular weight excluding hydrogens is 278 g/mol. The number of fused-ring (bicyclic) bond motifs is 1. The van der Waals surface area contributed by atoms with Crippen LogP contribution in [0.15, 0.2) is 0 Å². The minimum Gasteiger partial charge on any atom is -0.356 e. The van der Waals surface area contributed by atoms with E-state index in [-0.39, 0.29) is 6.03 Å². The summed E-state index contributed by atoms with van der Waals surface area (Å²) in [5.41, 5.74) is 2.27. The van der Waals surface area contributed by atoms with Crippen LogP contribution < -0.4 is 4.90 Å². The highest BCUT2D eigenvalue weighted by atomic mass is 16.2. The largest absolute Gasteiger partial charge is 0.356 e. The van der Waals surface area contributed by atoms with E-state index in [2.05, 4.69) is 9.88 Å². The summed E-state index contributed by atoms with van der Waals surface area (Å²) in [4.78, 5) is 27.5. The average molecular weight is 303 g/mol. The maximum absolute atomic E-state index is 12.3. The monoisotopic (exact) mass is 303 g/mol. The predicted molar refractivity (Wildman–Crippen MR) is 86.0 cm³/mol. The quantitative estimate of drug-likeness (QED) is 0.794. The van der Waals surface area contributed by atoms with Gasteiger partial charge in [0.2, 0.25) is 0 Å². The van der Waals surface area contributed by atoms with E-state index in [1.165, 1.54) is 19.3 Å². The van der Waals surface area contributed by atoms with Crippen molar-refractivity contribution in [2.45, 2.75) is 39.2 Å². The lowest BCUT2D eigenvalue weighted by Gasteiger charge is -2.35. The SMILES string of the molecule is Cc1nc2c(c(N3CCCCC3)n1)CN(C(=O)N(C)C)CC2. The van der Waals surface area contributed by atoms with Crippen LogP contribution in [0.25, 0.3) is 0 Å². The van der Waals surface area contributed by atoms with Gasteiger partial charge in [-0.2, -0.15) is 0 Å². The van der Waals surface area contributed by atoms with Gasteiger partial charge in [0.1, 0.15) is 11.6 Å². The standard InChI is InChI=1S/C16H25N5O/c1-12-17-14-7-10-21(16(22)19(2)3)11-13(14)15(18-12)20-8-5-4-6-9-20/h4-11H2,1-3H3. The van der Waals surface area contributed by atoms with Crippen molar-refractivity contribution in [3.8, 4) is 0 Å². The molecule has 1 saturated heterocycles. The summed E-state index contributed by atoms with van der Waals surface area (Å²) in [6.45, 7) is 5.44. The molecule has 1 aromatic heterocycles. The van der Waals surface area contributed by atoms with Gasteiger partial charge < -0.3 is 14.7 Å². The molecule has 0 radical (unpaired) electrons. The number of hydrogen-bond donors (Lipinski definition) is 0. The van der Waals surface area contributed by atoms with Gasteiger partial charge in [-0.15, -0.1) is 0 Å². The second kappa shape index (κ2) is 6.10.